The second kappa shape index (κ2) is 9.18. The Hall–Kier alpha value is -2.39. The Kier molecular flexibility index (Phi) is 7.31. The fourth-order valence-electron chi connectivity index (χ4n) is 2.00. The van der Waals surface area contributed by atoms with Crippen molar-refractivity contribution in [2.75, 3.05) is 0 Å². The topological polar surface area (TPSA) is 95.7 Å². The van der Waals surface area contributed by atoms with Crippen molar-refractivity contribution >= 4 is 18.9 Å². The van der Waals surface area contributed by atoms with Crippen LogP contribution in [0.4, 0.5) is 0 Å². The summed E-state index contributed by atoms with van der Waals surface area (Å²) < 4.78 is 18.3. The summed E-state index contributed by atoms with van der Waals surface area (Å²) in [5, 5.41) is 17.9. The third-order valence-electron chi connectivity index (χ3n) is 4.86. The van der Waals surface area contributed by atoms with Crippen LogP contribution in [-0.4, -0.2) is 44.8 Å². The van der Waals surface area contributed by atoms with Crippen LogP contribution in [0.1, 0.15) is 54.2 Å². The van der Waals surface area contributed by atoms with E-state index in [1.54, 1.807) is 48.3 Å². The van der Waals surface area contributed by atoms with Gasteiger partial charge >= 0.3 is 13.5 Å². The molecule has 0 aliphatic rings. The van der Waals surface area contributed by atoms with Crippen LogP contribution in [0.5, 0.6) is 5.75 Å². The van der Waals surface area contributed by atoms with Gasteiger partial charge in [-0.2, -0.15) is 0 Å². The Morgan fingerprint density at radius 2 is 1.73 bits per heavy atom. The van der Waals surface area contributed by atoms with Crippen LogP contribution in [0, 0.1) is 5.41 Å². The number of rotatable bonds is 9. The Morgan fingerprint density at radius 3 is 2.30 bits per heavy atom. The second-order valence-electron chi connectivity index (χ2n) is 9.20. The normalized spacial score (nSPS) is 12.5. The van der Waals surface area contributed by atoms with E-state index < -0.39 is 16.6 Å². The predicted octanol–water partition coefficient (Wildman–Crippen LogP) is 2.21. The molecule has 0 bridgehead atoms. The highest BCUT2D eigenvalue weighted by Crippen LogP contribution is 2.24. The number of aromatic nitrogens is 3. The maximum atomic E-state index is 11.9. The van der Waals surface area contributed by atoms with Gasteiger partial charge in [0.15, 0.2) is 6.73 Å². The molecule has 30 heavy (non-hydrogen) atoms. The summed E-state index contributed by atoms with van der Waals surface area (Å²) in [5.74, 6) is 0.347. The van der Waals surface area contributed by atoms with Crippen molar-refractivity contribution in [3.8, 4) is 5.75 Å². The highest BCUT2D eigenvalue weighted by atomic mass is 16.5. The first-order valence-electron chi connectivity index (χ1n) is 9.80. The number of aliphatic hydroxyl groups is 1. The largest absolute Gasteiger partial charge is 0.487 e. The van der Waals surface area contributed by atoms with Crippen molar-refractivity contribution in [1.29, 1.82) is 0 Å². The van der Waals surface area contributed by atoms with Crippen LogP contribution < -0.4 is 10.2 Å². The van der Waals surface area contributed by atoms with Gasteiger partial charge in [0.2, 0.25) is 0 Å². The number of carbonyl (C=O) groups is 1. The summed E-state index contributed by atoms with van der Waals surface area (Å²) in [4.78, 5) is 11.9. The van der Waals surface area contributed by atoms with Crippen molar-refractivity contribution in [2.45, 2.75) is 73.0 Å². The first-order chi connectivity index (χ1) is 13.8. The van der Waals surface area contributed by atoms with Gasteiger partial charge in [-0.15, -0.1) is 5.10 Å². The van der Waals surface area contributed by atoms with Crippen LogP contribution in [-0.2, 0) is 27.5 Å². The highest BCUT2D eigenvalue weighted by molar-refractivity contribution is 6.47. The first-order valence-corrected chi connectivity index (χ1v) is 9.80. The fourth-order valence-corrected chi connectivity index (χ4v) is 2.00. The van der Waals surface area contributed by atoms with Crippen LogP contribution in [0.25, 0.3) is 0 Å². The molecule has 1 aromatic carbocycles. The lowest BCUT2D eigenvalue weighted by atomic mass is 9.82. The third-order valence-corrected chi connectivity index (χ3v) is 4.86. The van der Waals surface area contributed by atoms with E-state index in [-0.39, 0.29) is 19.3 Å². The van der Waals surface area contributed by atoms with Crippen LogP contribution in [0.2, 0.25) is 0 Å². The lowest BCUT2D eigenvalue weighted by Gasteiger charge is -2.37. The molecule has 0 unspecified atom stereocenters. The molecule has 0 atom stereocenters. The van der Waals surface area contributed by atoms with E-state index in [9.17, 15) is 9.90 Å². The molecule has 1 aromatic heterocycles. The smallest absolute Gasteiger partial charge is 0.330 e. The Labute approximate surface area is 178 Å². The van der Waals surface area contributed by atoms with Crippen molar-refractivity contribution in [3.05, 3.63) is 36.2 Å². The monoisotopic (exact) mass is 416 g/mol. The van der Waals surface area contributed by atoms with Gasteiger partial charge in [0, 0.05) is 0 Å². The zero-order valence-electron chi connectivity index (χ0n) is 18.8. The van der Waals surface area contributed by atoms with Gasteiger partial charge in [-0.1, -0.05) is 22.8 Å². The molecule has 9 heteroatoms. The fraction of sp³-hybridized carbons (Fsp3) is 0.571. The van der Waals surface area contributed by atoms with E-state index in [0.717, 1.165) is 5.46 Å². The number of ether oxygens (including phenoxy) is 2. The van der Waals surface area contributed by atoms with Crippen molar-refractivity contribution in [2.24, 2.45) is 5.41 Å². The van der Waals surface area contributed by atoms with Gasteiger partial charge in [0.25, 0.3) is 0 Å². The summed E-state index contributed by atoms with van der Waals surface area (Å²) in [7, 11) is 1.62. The number of hydrogen-bond donors (Lipinski definition) is 1. The molecule has 0 saturated heterocycles. The maximum absolute atomic E-state index is 11.9. The average molecular weight is 416 g/mol. The van der Waals surface area contributed by atoms with Crippen molar-refractivity contribution < 1.29 is 24.0 Å². The van der Waals surface area contributed by atoms with E-state index in [2.05, 4.69) is 10.3 Å². The summed E-state index contributed by atoms with van der Waals surface area (Å²) in [6, 6.07) is 7.35. The molecule has 1 heterocycles. The minimum atomic E-state index is -0.981. The summed E-state index contributed by atoms with van der Waals surface area (Å²) in [6.45, 7) is 12.7. The number of carbonyl (C=O) groups excluding carboxylic acids is 1. The first kappa shape index (κ1) is 23.9. The highest BCUT2D eigenvalue weighted by Gasteiger charge is 2.35. The minimum absolute atomic E-state index is 0.0168. The Bertz CT molecular complexity index is 836. The van der Waals surface area contributed by atoms with Gasteiger partial charge in [0.1, 0.15) is 12.4 Å². The summed E-state index contributed by atoms with van der Waals surface area (Å²) in [5.41, 5.74) is -0.764. The van der Waals surface area contributed by atoms with Gasteiger partial charge in [-0.3, -0.25) is 4.79 Å². The van der Waals surface area contributed by atoms with Crippen LogP contribution in [0.15, 0.2) is 30.5 Å². The Balaban J connectivity index is 1.88. The molecular formula is C21H31BN3O5. The Morgan fingerprint density at radius 1 is 1.10 bits per heavy atom. The standard InChI is InChI=1S/C21H31BN3O5/c1-19(2,3)18(26)29-14-25-16(12-23-24-25)13-28-17-10-8-15(9-11-17)22-30-21(6,7)20(4,5)27/h8-12,27H,13-14H2,1-7H3. The van der Waals surface area contributed by atoms with Crippen LogP contribution in [0.3, 0.4) is 0 Å². The van der Waals surface area contributed by atoms with Gasteiger partial charge in [-0.05, 0) is 60.6 Å². The third kappa shape index (κ3) is 6.57. The molecule has 0 fully saturated rings. The van der Waals surface area contributed by atoms with E-state index >= 15 is 0 Å². The molecule has 0 aliphatic carbocycles. The van der Waals surface area contributed by atoms with E-state index in [1.165, 1.54) is 4.68 Å². The molecule has 8 nitrogen and oxygen atoms in total. The lowest BCUT2D eigenvalue weighted by Crippen LogP contribution is -2.49. The zero-order valence-corrected chi connectivity index (χ0v) is 18.8. The molecule has 0 saturated carbocycles. The van der Waals surface area contributed by atoms with Gasteiger partial charge in [-0.25, -0.2) is 4.68 Å². The number of benzene rings is 1. The predicted molar refractivity (Wildman–Crippen MR) is 113 cm³/mol. The molecule has 1 N–H and O–H groups in total. The SMILES string of the molecule is CC(C)(C)C(=O)OCn1nncc1COc1ccc([B]OC(C)(C)C(C)(C)O)cc1. The number of nitrogens with zero attached hydrogens (tertiary/aromatic N) is 3. The number of hydrogen-bond acceptors (Lipinski definition) is 7. The summed E-state index contributed by atoms with van der Waals surface area (Å²) in [6.07, 6.45) is 1.57. The average Bonchev–Trinajstić information content (AvgIpc) is 3.09. The molecule has 2 aromatic rings. The molecule has 2 rings (SSSR count). The van der Waals surface area contributed by atoms with E-state index in [4.69, 9.17) is 14.1 Å². The van der Waals surface area contributed by atoms with Gasteiger partial charge < -0.3 is 19.2 Å². The summed E-state index contributed by atoms with van der Waals surface area (Å²) >= 11 is 0. The molecule has 1 radical (unpaired) electrons. The molecule has 0 aliphatic heterocycles. The number of esters is 1. The van der Waals surface area contributed by atoms with Crippen molar-refractivity contribution in [1.82, 2.24) is 15.0 Å². The van der Waals surface area contributed by atoms with Crippen molar-refractivity contribution in [3.63, 3.8) is 0 Å². The maximum Gasteiger partial charge on any atom is 0.330 e. The molecule has 0 amide bonds. The van der Waals surface area contributed by atoms with Gasteiger partial charge in [0.05, 0.1) is 28.5 Å². The minimum Gasteiger partial charge on any atom is -0.487 e. The lowest BCUT2D eigenvalue weighted by molar-refractivity contribution is -0.157. The second-order valence-corrected chi connectivity index (χ2v) is 9.20. The molecule has 0 spiro atoms. The van der Waals surface area contributed by atoms with E-state index in [0.29, 0.717) is 11.4 Å². The van der Waals surface area contributed by atoms with Crippen LogP contribution >= 0.6 is 0 Å². The molecular weight excluding hydrogens is 385 g/mol. The zero-order chi connectivity index (χ0) is 22.6. The quantitative estimate of drug-likeness (QED) is 0.495. The van der Waals surface area contributed by atoms with E-state index in [1.807, 2.05) is 38.1 Å². The molecule has 163 valence electrons.